The Labute approximate surface area is 82.1 Å². The number of rotatable bonds is 3. The van der Waals surface area contributed by atoms with E-state index in [-0.39, 0.29) is 6.61 Å². The van der Waals surface area contributed by atoms with Crippen LogP contribution in [0.3, 0.4) is 0 Å². The van der Waals surface area contributed by atoms with Crippen LogP contribution in [0.4, 0.5) is 0 Å². The molecule has 0 aromatic rings. The molecule has 0 spiro atoms. The first-order chi connectivity index (χ1) is 6.61. The highest BCUT2D eigenvalue weighted by atomic mass is 16.6. The molecule has 0 bridgehead atoms. The van der Waals surface area contributed by atoms with Gasteiger partial charge in [0.15, 0.2) is 6.29 Å². The number of hydrogen-bond acceptors (Lipinski definition) is 6. The van der Waals surface area contributed by atoms with Gasteiger partial charge < -0.3 is 30.5 Å². The molecule has 0 saturated carbocycles. The Kier molecular flexibility index (Phi) is 4.24. The molecule has 0 aromatic heterocycles. The van der Waals surface area contributed by atoms with Gasteiger partial charge in [0.05, 0.1) is 12.6 Å². The van der Waals surface area contributed by atoms with Gasteiger partial charge in [-0.2, -0.15) is 0 Å². The van der Waals surface area contributed by atoms with Crippen molar-refractivity contribution in [2.45, 2.75) is 37.6 Å². The molecule has 0 aromatic carbocycles. The molecule has 5 atom stereocenters. The minimum Gasteiger partial charge on any atom is -0.394 e. The van der Waals surface area contributed by atoms with Crippen molar-refractivity contribution in [3.8, 4) is 0 Å². The summed E-state index contributed by atoms with van der Waals surface area (Å²) in [5.41, 5.74) is 0. The van der Waals surface area contributed by atoms with E-state index in [1.807, 2.05) is 6.92 Å². The average Bonchev–Trinajstić information content (AvgIpc) is 2.19. The van der Waals surface area contributed by atoms with E-state index in [2.05, 4.69) is 5.32 Å². The van der Waals surface area contributed by atoms with E-state index in [1.54, 1.807) is 0 Å². The summed E-state index contributed by atoms with van der Waals surface area (Å²) in [7, 11) is 0. The molecule has 0 aliphatic carbocycles. The van der Waals surface area contributed by atoms with Crippen LogP contribution in [0.1, 0.15) is 6.92 Å². The van der Waals surface area contributed by atoms with Gasteiger partial charge >= 0.3 is 0 Å². The molecule has 6 nitrogen and oxygen atoms in total. The summed E-state index contributed by atoms with van der Waals surface area (Å²) in [6, 6.07) is -0.566. The molecule has 1 aliphatic heterocycles. The number of hydrogen-bond donors (Lipinski definition) is 5. The van der Waals surface area contributed by atoms with Crippen LogP contribution >= 0.6 is 0 Å². The van der Waals surface area contributed by atoms with Gasteiger partial charge in [0, 0.05) is 0 Å². The van der Waals surface area contributed by atoms with Crippen LogP contribution in [0.25, 0.3) is 0 Å². The van der Waals surface area contributed by atoms with E-state index in [0.29, 0.717) is 6.54 Å². The van der Waals surface area contributed by atoms with E-state index >= 15 is 0 Å². The van der Waals surface area contributed by atoms with E-state index in [9.17, 15) is 10.2 Å². The van der Waals surface area contributed by atoms with Crippen molar-refractivity contribution in [3.05, 3.63) is 0 Å². The molecule has 1 saturated heterocycles. The smallest absolute Gasteiger partial charge is 0.183 e. The fourth-order valence-electron chi connectivity index (χ4n) is 1.59. The average molecular weight is 207 g/mol. The molecule has 0 amide bonds. The van der Waals surface area contributed by atoms with Gasteiger partial charge in [0.25, 0.3) is 0 Å². The van der Waals surface area contributed by atoms with Crippen molar-refractivity contribution < 1.29 is 25.2 Å². The van der Waals surface area contributed by atoms with Gasteiger partial charge in [0.1, 0.15) is 18.3 Å². The minimum absolute atomic E-state index is 0.321. The summed E-state index contributed by atoms with van der Waals surface area (Å²) in [5.74, 6) is 0. The zero-order valence-electron chi connectivity index (χ0n) is 8.00. The highest BCUT2D eigenvalue weighted by molar-refractivity contribution is 4.93. The van der Waals surface area contributed by atoms with Crippen LogP contribution in [-0.4, -0.2) is 64.2 Å². The Balaban J connectivity index is 2.67. The molecule has 1 heterocycles. The standard InChI is InChI=1S/C8H17NO5/c1-2-9-5-4(3-10)14-8(13)7(12)6(5)11/h4-13H,2-3H2,1H3/t4-,5-,6+,7-,8+/m1/s1. The molecule has 5 N–H and O–H groups in total. The zero-order chi connectivity index (χ0) is 10.7. The lowest BCUT2D eigenvalue weighted by Gasteiger charge is -2.40. The summed E-state index contributed by atoms with van der Waals surface area (Å²) >= 11 is 0. The largest absolute Gasteiger partial charge is 0.394 e. The third-order valence-electron chi connectivity index (χ3n) is 2.34. The zero-order valence-corrected chi connectivity index (χ0v) is 8.00. The predicted molar refractivity (Wildman–Crippen MR) is 47.4 cm³/mol. The van der Waals surface area contributed by atoms with Crippen molar-refractivity contribution in [2.24, 2.45) is 0 Å². The van der Waals surface area contributed by atoms with Crippen LogP contribution < -0.4 is 5.32 Å². The maximum Gasteiger partial charge on any atom is 0.183 e. The number of aliphatic hydroxyl groups excluding tert-OH is 4. The molecule has 1 aliphatic rings. The first-order valence-corrected chi connectivity index (χ1v) is 4.65. The van der Waals surface area contributed by atoms with Crippen molar-refractivity contribution in [2.75, 3.05) is 13.2 Å². The highest BCUT2D eigenvalue weighted by Gasteiger charge is 2.42. The van der Waals surface area contributed by atoms with Crippen LogP contribution in [-0.2, 0) is 4.74 Å². The molecular formula is C8H17NO5. The third kappa shape index (κ3) is 2.22. The van der Waals surface area contributed by atoms with E-state index < -0.39 is 30.6 Å². The van der Waals surface area contributed by atoms with Gasteiger partial charge in [0.2, 0.25) is 0 Å². The molecule has 1 fully saturated rings. The van der Waals surface area contributed by atoms with Gasteiger partial charge in [-0.15, -0.1) is 0 Å². The van der Waals surface area contributed by atoms with E-state index in [0.717, 1.165) is 0 Å². The molecule has 0 radical (unpaired) electrons. The number of nitrogens with one attached hydrogen (secondary N) is 1. The fraction of sp³-hybridized carbons (Fsp3) is 1.00. The lowest BCUT2D eigenvalue weighted by Crippen LogP contribution is -2.63. The molecule has 84 valence electrons. The fourth-order valence-corrected chi connectivity index (χ4v) is 1.59. The Hall–Kier alpha value is -0.240. The molecule has 6 heteroatoms. The first kappa shape index (κ1) is 11.8. The maximum absolute atomic E-state index is 9.58. The number of ether oxygens (including phenoxy) is 1. The van der Waals surface area contributed by atoms with Gasteiger partial charge in [-0.1, -0.05) is 6.92 Å². The summed E-state index contributed by atoms with van der Waals surface area (Å²) in [6.07, 6.45) is -4.64. The van der Waals surface area contributed by atoms with E-state index in [4.69, 9.17) is 14.9 Å². The van der Waals surface area contributed by atoms with Crippen LogP contribution in [0.2, 0.25) is 0 Å². The summed E-state index contributed by atoms with van der Waals surface area (Å²) < 4.78 is 4.92. The van der Waals surface area contributed by atoms with Gasteiger partial charge in [-0.05, 0) is 6.54 Å². The Bertz CT molecular complexity index is 177. The van der Waals surface area contributed by atoms with Crippen molar-refractivity contribution >= 4 is 0 Å². The minimum atomic E-state index is -1.45. The maximum atomic E-state index is 9.58. The molecule has 14 heavy (non-hydrogen) atoms. The predicted octanol–water partition coefficient (Wildman–Crippen LogP) is -2.60. The van der Waals surface area contributed by atoms with Crippen molar-refractivity contribution in [1.82, 2.24) is 5.32 Å². The normalized spacial score (nSPS) is 43.9. The van der Waals surface area contributed by atoms with Crippen LogP contribution in [0.5, 0.6) is 0 Å². The van der Waals surface area contributed by atoms with Crippen LogP contribution in [0, 0.1) is 0 Å². The number of likely N-dealkylation sites (N-methyl/N-ethyl adjacent to an activating group) is 1. The molecule has 0 unspecified atom stereocenters. The first-order valence-electron chi connectivity index (χ1n) is 4.65. The third-order valence-corrected chi connectivity index (χ3v) is 2.34. The second-order valence-electron chi connectivity index (χ2n) is 3.31. The lowest BCUT2D eigenvalue weighted by atomic mass is 9.96. The Morgan fingerprint density at radius 1 is 1.21 bits per heavy atom. The quantitative estimate of drug-likeness (QED) is 0.348. The van der Waals surface area contributed by atoms with Crippen molar-refractivity contribution in [3.63, 3.8) is 0 Å². The molecular weight excluding hydrogens is 190 g/mol. The van der Waals surface area contributed by atoms with Crippen LogP contribution in [0.15, 0.2) is 0 Å². The summed E-state index contributed by atoms with van der Waals surface area (Å²) in [6.45, 7) is 2.08. The van der Waals surface area contributed by atoms with E-state index in [1.165, 1.54) is 0 Å². The monoisotopic (exact) mass is 207 g/mol. The number of aliphatic hydroxyl groups is 4. The van der Waals surface area contributed by atoms with Gasteiger partial charge in [-0.25, -0.2) is 0 Å². The Morgan fingerprint density at radius 3 is 2.36 bits per heavy atom. The highest BCUT2D eigenvalue weighted by Crippen LogP contribution is 2.19. The SMILES string of the molecule is CCN[C@H]1[C@H](O)[C@@H](O)[C@@H](O)O[C@@H]1CO. The topological polar surface area (TPSA) is 102 Å². The van der Waals surface area contributed by atoms with Gasteiger partial charge in [-0.3, -0.25) is 0 Å². The summed E-state index contributed by atoms with van der Waals surface area (Å²) in [4.78, 5) is 0. The summed E-state index contributed by atoms with van der Waals surface area (Å²) in [5, 5.41) is 39.9. The Morgan fingerprint density at radius 2 is 1.86 bits per heavy atom. The lowest BCUT2D eigenvalue weighted by molar-refractivity contribution is -0.262. The molecule has 1 rings (SSSR count). The second kappa shape index (κ2) is 5.01. The van der Waals surface area contributed by atoms with Crippen molar-refractivity contribution in [1.29, 1.82) is 0 Å². The second-order valence-corrected chi connectivity index (χ2v) is 3.31.